The van der Waals surface area contributed by atoms with E-state index in [2.05, 4.69) is 12.4 Å². The average Bonchev–Trinajstić information content (AvgIpc) is 3.04. The van der Waals surface area contributed by atoms with Crippen LogP contribution in [0.5, 0.6) is 11.5 Å². The van der Waals surface area contributed by atoms with Crippen molar-refractivity contribution in [3.63, 3.8) is 0 Å². The van der Waals surface area contributed by atoms with E-state index < -0.39 is 18.0 Å². The number of hydrogen-bond acceptors (Lipinski definition) is 5. The molecule has 0 spiro atoms. The maximum atomic E-state index is 14.1. The average molecular weight is 647 g/mol. The number of carbonyl (C=O) groups excluding carboxylic acids is 3. The highest BCUT2D eigenvalue weighted by Gasteiger charge is 2.39. The molecule has 9 nitrogen and oxygen atoms in total. The number of likely N-dealkylation sites (tertiary alicyclic amines) is 1. The van der Waals surface area contributed by atoms with Gasteiger partial charge in [0.25, 0.3) is 5.91 Å². The van der Waals surface area contributed by atoms with E-state index in [0.29, 0.717) is 33.9 Å². The molecule has 242 valence electrons. The number of aromatic hydroxyl groups is 1. The Bertz CT molecular complexity index is 1570. The lowest BCUT2D eigenvalue weighted by Gasteiger charge is -2.38. The molecule has 0 radical (unpaired) electrons. The second-order valence-corrected chi connectivity index (χ2v) is 13.3. The summed E-state index contributed by atoms with van der Waals surface area (Å²) in [5.74, 6) is -0.381. The first kappa shape index (κ1) is 33.2. The van der Waals surface area contributed by atoms with Gasteiger partial charge in [-0.05, 0) is 66.9 Å². The molecule has 1 heterocycles. The number of phenols is 1. The van der Waals surface area contributed by atoms with E-state index in [-0.39, 0.29) is 24.1 Å². The summed E-state index contributed by atoms with van der Waals surface area (Å²) in [4.78, 5) is 39.8. The fourth-order valence-corrected chi connectivity index (χ4v) is 6.76. The maximum Gasteiger partial charge on any atom is 0.496 e. The van der Waals surface area contributed by atoms with Crippen molar-refractivity contribution in [1.29, 1.82) is 0 Å². The van der Waals surface area contributed by atoms with Gasteiger partial charge in [-0.15, -0.1) is 0 Å². The van der Waals surface area contributed by atoms with Crippen LogP contribution in [0.1, 0.15) is 56.1 Å². The van der Waals surface area contributed by atoms with Gasteiger partial charge in [-0.1, -0.05) is 55.1 Å². The summed E-state index contributed by atoms with van der Waals surface area (Å²) in [7, 11) is 2.15. The van der Waals surface area contributed by atoms with Gasteiger partial charge in [0.15, 0.2) is 6.04 Å². The van der Waals surface area contributed by atoms with Crippen LogP contribution in [0.25, 0.3) is 0 Å². The number of nitrogens with zero attached hydrogens (tertiary/aromatic N) is 2. The molecular formula is C36H43ClN4O5+2. The number of benzene rings is 3. The predicted octanol–water partition coefficient (Wildman–Crippen LogP) is 6.05. The molecule has 1 unspecified atom stereocenters. The first-order valence-electron chi connectivity index (χ1n) is 16.0. The molecular weight excluding hydrogens is 604 g/mol. The van der Waals surface area contributed by atoms with Gasteiger partial charge >= 0.3 is 12.0 Å². The standard InChI is InChI=1S/C36H41ClN4O5/c1-41(23-26-9-13-28(37)14-10-26)21-5-8-30(24-41)40(33(34(38)43)22-25-11-17-31(42)18-12-25)36(45)39-29-15-19-32(20-16-29)46-35(44)27-6-3-2-4-7-27/h9-20,27,33H,2-8,21-24H2,1H3,(H2-2,38,39,42,43,45)/p+2/b40-30+/t33-,41?/m0/s1. The zero-order valence-electron chi connectivity index (χ0n) is 26.3. The predicted molar refractivity (Wildman–Crippen MR) is 178 cm³/mol. The number of quaternary nitrogens is 1. The van der Waals surface area contributed by atoms with Crippen LogP contribution in [0.2, 0.25) is 5.02 Å². The zero-order valence-corrected chi connectivity index (χ0v) is 27.0. The Labute approximate surface area is 275 Å². The van der Waals surface area contributed by atoms with Gasteiger partial charge in [-0.3, -0.25) is 9.59 Å². The van der Waals surface area contributed by atoms with Crippen molar-refractivity contribution >= 4 is 40.9 Å². The number of nitrogens with two attached hydrogens (primary N) is 1. The minimum atomic E-state index is -0.961. The summed E-state index contributed by atoms with van der Waals surface area (Å²) in [6, 6.07) is 19.6. The summed E-state index contributed by atoms with van der Waals surface area (Å²) < 4.78 is 7.80. The smallest absolute Gasteiger partial charge is 0.496 e. The molecule has 10 heteroatoms. The maximum absolute atomic E-state index is 14.1. The number of rotatable bonds is 9. The molecule has 46 heavy (non-hydrogen) atoms. The first-order valence-corrected chi connectivity index (χ1v) is 16.4. The van der Waals surface area contributed by atoms with Crippen LogP contribution in [0.15, 0.2) is 72.8 Å². The molecule has 2 atom stereocenters. The molecule has 1 saturated heterocycles. The molecule has 1 saturated carbocycles. The van der Waals surface area contributed by atoms with E-state index in [1.807, 2.05) is 24.3 Å². The Morgan fingerprint density at radius 1 is 0.957 bits per heavy atom. The lowest BCUT2D eigenvalue weighted by Crippen LogP contribution is -2.56. The van der Waals surface area contributed by atoms with E-state index in [4.69, 9.17) is 22.1 Å². The minimum Gasteiger partial charge on any atom is -0.508 e. The van der Waals surface area contributed by atoms with Crippen molar-refractivity contribution in [2.45, 2.75) is 64.0 Å². The van der Waals surface area contributed by atoms with Gasteiger partial charge < -0.3 is 20.1 Å². The molecule has 1 aliphatic heterocycles. The van der Waals surface area contributed by atoms with Crippen molar-refractivity contribution in [1.82, 2.24) is 0 Å². The van der Waals surface area contributed by atoms with Crippen molar-refractivity contribution in [2.24, 2.45) is 11.7 Å². The van der Waals surface area contributed by atoms with Crippen LogP contribution >= 0.6 is 11.6 Å². The Balaban J connectivity index is 1.40. The number of amides is 3. The monoisotopic (exact) mass is 646 g/mol. The Morgan fingerprint density at radius 2 is 1.61 bits per heavy atom. The summed E-state index contributed by atoms with van der Waals surface area (Å²) in [6.07, 6.45) is 6.58. The number of esters is 1. The molecule has 3 aromatic rings. The highest BCUT2D eigenvalue weighted by Crippen LogP contribution is 2.27. The SMILES string of the molecule is C[N+]1(Cc2ccc(Cl)cc2)CCC/C(=[N+](\C(=O)Nc2ccc(OC(=O)C3CCCCC3)cc2)[C@@H](Cc2ccc(O)cc2)C(N)=O)C1. The third kappa shape index (κ3) is 8.73. The lowest BCUT2D eigenvalue weighted by atomic mass is 9.89. The van der Waals surface area contributed by atoms with Crippen LogP contribution in [0.3, 0.4) is 0 Å². The number of piperidine rings is 1. The largest absolute Gasteiger partial charge is 0.508 e. The highest BCUT2D eigenvalue weighted by molar-refractivity contribution is 6.30. The number of carbonyl (C=O) groups is 3. The fourth-order valence-electron chi connectivity index (χ4n) is 6.63. The molecule has 3 aromatic carbocycles. The van der Waals surface area contributed by atoms with Crippen LogP contribution in [-0.4, -0.2) is 64.0 Å². The molecule has 4 N–H and O–H groups in total. The number of urea groups is 1. The zero-order chi connectivity index (χ0) is 32.7. The van der Waals surface area contributed by atoms with Gasteiger partial charge in [-0.2, -0.15) is 9.37 Å². The molecule has 0 aromatic heterocycles. The fraction of sp³-hybridized carbons (Fsp3) is 0.389. The molecule has 2 fully saturated rings. The summed E-state index contributed by atoms with van der Waals surface area (Å²) in [5.41, 5.74) is 9.20. The third-order valence-electron chi connectivity index (χ3n) is 9.03. The van der Waals surface area contributed by atoms with Crippen molar-refractivity contribution in [3.8, 4) is 11.5 Å². The van der Waals surface area contributed by atoms with E-state index in [9.17, 15) is 19.5 Å². The molecule has 2 aliphatic rings. The number of anilines is 1. The highest BCUT2D eigenvalue weighted by atomic mass is 35.5. The summed E-state index contributed by atoms with van der Waals surface area (Å²) >= 11 is 6.12. The Hall–Kier alpha value is -4.21. The number of primary amides is 1. The second kappa shape index (κ2) is 14.9. The van der Waals surface area contributed by atoms with E-state index in [0.717, 1.165) is 68.5 Å². The van der Waals surface area contributed by atoms with E-state index in [1.165, 1.54) is 4.58 Å². The number of ether oxygens (including phenoxy) is 1. The quantitative estimate of drug-likeness (QED) is 0.113. The van der Waals surface area contributed by atoms with Gasteiger partial charge in [0.1, 0.15) is 36.0 Å². The van der Waals surface area contributed by atoms with E-state index in [1.54, 1.807) is 48.5 Å². The number of hydrogen-bond donors (Lipinski definition) is 3. The topological polar surface area (TPSA) is 122 Å². The van der Waals surface area contributed by atoms with Crippen LogP contribution in [0, 0.1) is 5.92 Å². The summed E-state index contributed by atoms with van der Waals surface area (Å²) in [5, 5.41) is 13.4. The Kier molecular flexibility index (Phi) is 10.8. The van der Waals surface area contributed by atoms with Crippen molar-refractivity contribution in [3.05, 3.63) is 88.9 Å². The van der Waals surface area contributed by atoms with Gasteiger partial charge in [0, 0.05) is 29.8 Å². The molecule has 1 aliphatic carbocycles. The second-order valence-electron chi connectivity index (χ2n) is 12.8. The van der Waals surface area contributed by atoms with Gasteiger partial charge in [0.05, 0.1) is 19.5 Å². The summed E-state index contributed by atoms with van der Waals surface area (Å²) in [6.45, 7) is 2.18. The van der Waals surface area contributed by atoms with Crippen molar-refractivity contribution < 1.29 is 33.3 Å². The Morgan fingerprint density at radius 3 is 2.26 bits per heavy atom. The van der Waals surface area contributed by atoms with E-state index >= 15 is 0 Å². The van der Waals surface area contributed by atoms with Crippen LogP contribution in [-0.2, 0) is 22.6 Å². The first-order chi connectivity index (χ1) is 22.1. The normalized spacial score (nSPS) is 20.4. The van der Waals surface area contributed by atoms with Gasteiger partial charge in [-0.25, -0.2) is 5.32 Å². The minimum absolute atomic E-state index is 0.0719. The number of phenolic OH excluding ortho intramolecular Hbond substituents is 1. The van der Waals surface area contributed by atoms with Crippen LogP contribution in [0.4, 0.5) is 10.5 Å². The van der Waals surface area contributed by atoms with Gasteiger partial charge in [0.2, 0.25) is 0 Å². The van der Waals surface area contributed by atoms with Crippen molar-refractivity contribution in [2.75, 3.05) is 25.5 Å². The molecule has 5 rings (SSSR count). The molecule has 0 bridgehead atoms. The molecule has 3 amide bonds. The van der Waals surface area contributed by atoms with Crippen LogP contribution < -0.4 is 15.8 Å². The third-order valence-corrected chi connectivity index (χ3v) is 9.28. The lowest BCUT2D eigenvalue weighted by molar-refractivity contribution is -0.918. The number of nitrogens with one attached hydrogen (secondary N) is 1. The number of halogens is 1.